The fourth-order valence-electron chi connectivity index (χ4n) is 2.54. The highest BCUT2D eigenvalue weighted by molar-refractivity contribution is 5.95. The Hall–Kier alpha value is -3.75. The van der Waals surface area contributed by atoms with Gasteiger partial charge in [-0.2, -0.15) is 4.68 Å². The molecule has 0 spiro atoms. The largest absolute Gasteiger partial charge is 0.469 e. The van der Waals surface area contributed by atoms with Gasteiger partial charge in [0.15, 0.2) is 0 Å². The number of carbonyl (C=O) groups is 3. The van der Waals surface area contributed by atoms with Crippen LogP contribution in [0.1, 0.15) is 16.8 Å². The second kappa shape index (κ2) is 8.76. The number of alkyl carbamates (subject to hydrolysis) is 1. The molecule has 0 saturated heterocycles. The summed E-state index contributed by atoms with van der Waals surface area (Å²) in [6.45, 7) is 0.0259. The number of hydrogen-bond acceptors (Lipinski definition) is 7. The van der Waals surface area contributed by atoms with Gasteiger partial charge in [0.25, 0.3) is 5.91 Å². The topological polar surface area (TPSA) is 112 Å². The SMILES string of the molecule is COC(=O)C[C@H](NC(=O)OCc1ccccc1)C(=O)n1nnc2ccccc21. The maximum atomic E-state index is 12.9. The van der Waals surface area contributed by atoms with Crippen LogP contribution < -0.4 is 5.32 Å². The van der Waals surface area contributed by atoms with E-state index in [9.17, 15) is 14.4 Å². The summed E-state index contributed by atoms with van der Waals surface area (Å²) in [6.07, 6.45) is -1.21. The quantitative estimate of drug-likeness (QED) is 0.648. The molecule has 0 aliphatic rings. The number of para-hydroxylation sites is 1. The number of hydrogen-bond donors (Lipinski definition) is 1. The predicted molar refractivity (Wildman–Crippen MR) is 98.3 cm³/mol. The molecule has 0 bridgehead atoms. The van der Waals surface area contributed by atoms with Crippen LogP contribution in [0.15, 0.2) is 54.6 Å². The fraction of sp³-hybridized carbons (Fsp3) is 0.211. The maximum absolute atomic E-state index is 12.9. The predicted octanol–water partition coefficient (Wildman–Crippen LogP) is 1.93. The van der Waals surface area contributed by atoms with Gasteiger partial charge in [0, 0.05) is 0 Å². The van der Waals surface area contributed by atoms with Gasteiger partial charge in [-0.1, -0.05) is 47.7 Å². The van der Waals surface area contributed by atoms with E-state index in [-0.39, 0.29) is 13.0 Å². The highest BCUT2D eigenvalue weighted by atomic mass is 16.5. The van der Waals surface area contributed by atoms with Crippen LogP contribution in [0.25, 0.3) is 11.0 Å². The molecular weight excluding hydrogens is 364 g/mol. The van der Waals surface area contributed by atoms with Crippen molar-refractivity contribution in [3.63, 3.8) is 0 Å². The molecule has 1 heterocycles. The van der Waals surface area contributed by atoms with Gasteiger partial charge in [0.05, 0.1) is 19.0 Å². The zero-order valence-electron chi connectivity index (χ0n) is 15.1. The van der Waals surface area contributed by atoms with Gasteiger partial charge >= 0.3 is 12.1 Å². The minimum atomic E-state index is -1.22. The summed E-state index contributed by atoms with van der Waals surface area (Å²) in [5.41, 5.74) is 1.76. The van der Waals surface area contributed by atoms with Gasteiger partial charge in [0.2, 0.25) is 0 Å². The van der Waals surface area contributed by atoms with E-state index in [0.717, 1.165) is 10.2 Å². The summed E-state index contributed by atoms with van der Waals surface area (Å²) in [5.74, 6) is -1.29. The van der Waals surface area contributed by atoms with Crippen molar-refractivity contribution in [1.29, 1.82) is 0 Å². The second-order valence-corrected chi connectivity index (χ2v) is 5.87. The van der Waals surface area contributed by atoms with Crippen LogP contribution in [0.3, 0.4) is 0 Å². The van der Waals surface area contributed by atoms with Crippen molar-refractivity contribution in [3.8, 4) is 0 Å². The molecule has 0 saturated carbocycles. The molecular formula is C19H18N4O5. The Morgan fingerprint density at radius 3 is 2.54 bits per heavy atom. The summed E-state index contributed by atoms with van der Waals surface area (Å²) in [5, 5.41) is 10.1. The van der Waals surface area contributed by atoms with Gasteiger partial charge in [-0.05, 0) is 17.7 Å². The molecule has 0 fully saturated rings. The number of rotatable bonds is 6. The number of nitrogens with zero attached hydrogens (tertiary/aromatic N) is 3. The van der Waals surface area contributed by atoms with Crippen LogP contribution in [0, 0.1) is 0 Å². The third-order valence-electron chi connectivity index (χ3n) is 3.96. The van der Waals surface area contributed by atoms with Crippen molar-refractivity contribution in [2.24, 2.45) is 0 Å². The molecule has 1 amide bonds. The van der Waals surface area contributed by atoms with Crippen LogP contribution in [0.2, 0.25) is 0 Å². The smallest absolute Gasteiger partial charge is 0.408 e. The van der Waals surface area contributed by atoms with Crippen molar-refractivity contribution in [3.05, 3.63) is 60.2 Å². The summed E-state index contributed by atoms with van der Waals surface area (Å²) < 4.78 is 10.8. The number of carbonyl (C=O) groups excluding carboxylic acids is 3. The van der Waals surface area contributed by atoms with Crippen LogP contribution >= 0.6 is 0 Å². The molecule has 0 aliphatic heterocycles. The minimum absolute atomic E-state index is 0.0259. The molecule has 144 valence electrons. The minimum Gasteiger partial charge on any atom is -0.469 e. The number of amides is 1. The molecule has 3 aromatic rings. The molecule has 0 aliphatic carbocycles. The lowest BCUT2D eigenvalue weighted by Gasteiger charge is -2.16. The zero-order chi connectivity index (χ0) is 19.9. The first-order valence-corrected chi connectivity index (χ1v) is 8.47. The first-order chi connectivity index (χ1) is 13.6. The number of esters is 1. The van der Waals surface area contributed by atoms with Crippen LogP contribution in [0.5, 0.6) is 0 Å². The van der Waals surface area contributed by atoms with Crippen LogP contribution in [-0.4, -0.2) is 46.1 Å². The number of benzene rings is 2. The van der Waals surface area contributed by atoms with Gasteiger partial charge in [0.1, 0.15) is 18.2 Å². The molecule has 1 atom stereocenters. The number of fused-ring (bicyclic) bond motifs is 1. The van der Waals surface area contributed by atoms with E-state index in [1.807, 2.05) is 18.2 Å². The van der Waals surface area contributed by atoms with Crippen LogP contribution in [-0.2, 0) is 20.9 Å². The van der Waals surface area contributed by atoms with Crippen LogP contribution in [0.4, 0.5) is 4.79 Å². The normalized spacial score (nSPS) is 11.6. The van der Waals surface area contributed by atoms with E-state index in [0.29, 0.717) is 11.0 Å². The average Bonchev–Trinajstić information content (AvgIpc) is 3.16. The Morgan fingerprint density at radius 1 is 1.07 bits per heavy atom. The summed E-state index contributed by atoms with van der Waals surface area (Å²) in [4.78, 5) is 36.7. The van der Waals surface area contributed by atoms with Gasteiger partial charge in [-0.15, -0.1) is 5.10 Å². The Morgan fingerprint density at radius 2 is 1.79 bits per heavy atom. The molecule has 9 heteroatoms. The van der Waals surface area contributed by atoms with E-state index >= 15 is 0 Å². The van der Waals surface area contributed by atoms with E-state index in [1.165, 1.54) is 7.11 Å². The van der Waals surface area contributed by atoms with Crippen molar-refractivity contribution in [2.75, 3.05) is 7.11 Å². The molecule has 0 unspecified atom stereocenters. The first kappa shape index (κ1) is 19.0. The molecule has 0 radical (unpaired) electrons. The third kappa shape index (κ3) is 4.50. The highest BCUT2D eigenvalue weighted by Gasteiger charge is 2.28. The van der Waals surface area contributed by atoms with Gasteiger partial charge < -0.3 is 14.8 Å². The zero-order valence-corrected chi connectivity index (χ0v) is 15.1. The van der Waals surface area contributed by atoms with E-state index in [4.69, 9.17) is 4.74 Å². The molecule has 9 nitrogen and oxygen atoms in total. The Balaban J connectivity index is 1.73. The lowest BCUT2D eigenvalue weighted by molar-refractivity contribution is -0.140. The lowest BCUT2D eigenvalue weighted by atomic mass is 10.2. The van der Waals surface area contributed by atoms with Crippen molar-refractivity contribution >= 4 is 29.0 Å². The van der Waals surface area contributed by atoms with E-state index in [1.54, 1.807) is 36.4 Å². The summed E-state index contributed by atoms with van der Waals surface area (Å²) in [6, 6.07) is 14.7. The van der Waals surface area contributed by atoms with E-state index in [2.05, 4.69) is 20.4 Å². The average molecular weight is 382 g/mol. The number of ether oxygens (including phenoxy) is 2. The highest BCUT2D eigenvalue weighted by Crippen LogP contribution is 2.12. The van der Waals surface area contributed by atoms with Gasteiger partial charge in [-0.3, -0.25) is 9.59 Å². The third-order valence-corrected chi connectivity index (χ3v) is 3.96. The molecule has 2 aromatic carbocycles. The van der Waals surface area contributed by atoms with Gasteiger partial charge in [-0.25, -0.2) is 4.79 Å². The maximum Gasteiger partial charge on any atom is 0.408 e. The standard InChI is InChI=1S/C19H18N4O5/c1-27-17(24)11-15(20-19(26)28-12-13-7-3-2-4-8-13)18(25)23-16-10-6-5-9-14(16)21-22-23/h2-10,15H,11-12H2,1H3,(H,20,26)/t15-/m0/s1. The lowest BCUT2D eigenvalue weighted by Crippen LogP contribution is -2.45. The fourth-order valence-corrected chi connectivity index (χ4v) is 2.54. The molecule has 28 heavy (non-hydrogen) atoms. The number of nitrogens with one attached hydrogen (secondary N) is 1. The second-order valence-electron chi connectivity index (χ2n) is 5.87. The van der Waals surface area contributed by atoms with Crippen molar-refractivity contribution < 1.29 is 23.9 Å². The number of aromatic nitrogens is 3. The molecule has 1 aromatic heterocycles. The van der Waals surface area contributed by atoms with Crippen molar-refractivity contribution in [2.45, 2.75) is 19.1 Å². The Kier molecular flexibility index (Phi) is 5.95. The molecule has 3 rings (SSSR count). The Labute approximate surface area is 160 Å². The van der Waals surface area contributed by atoms with Crippen molar-refractivity contribution in [1.82, 2.24) is 20.3 Å². The Bertz CT molecular complexity index is 986. The summed E-state index contributed by atoms with van der Waals surface area (Å²) >= 11 is 0. The summed E-state index contributed by atoms with van der Waals surface area (Å²) in [7, 11) is 1.20. The number of methoxy groups -OCH3 is 1. The first-order valence-electron chi connectivity index (χ1n) is 8.47. The van der Waals surface area contributed by atoms with E-state index < -0.39 is 24.0 Å². The molecule has 1 N–H and O–H groups in total. The monoisotopic (exact) mass is 382 g/mol.